The fourth-order valence-corrected chi connectivity index (χ4v) is 5.67. The molecule has 4 rings (SSSR count). The van der Waals surface area contributed by atoms with Gasteiger partial charge in [0, 0.05) is 12.8 Å². The van der Waals surface area contributed by atoms with E-state index in [1.807, 2.05) is 12.5 Å². The average molecular weight is 324 g/mol. The minimum absolute atomic E-state index is 0.00782. The van der Waals surface area contributed by atoms with Gasteiger partial charge in [0.05, 0.1) is 17.9 Å². The molecule has 24 heavy (non-hydrogen) atoms. The molecule has 2 aliphatic carbocycles. The minimum atomic E-state index is -0.482. The number of furan rings is 1. The van der Waals surface area contributed by atoms with E-state index in [4.69, 9.17) is 9.26 Å². The van der Waals surface area contributed by atoms with Crippen LogP contribution in [-0.2, 0) is 11.2 Å². The van der Waals surface area contributed by atoms with E-state index in [2.05, 4.69) is 33.4 Å². The summed E-state index contributed by atoms with van der Waals surface area (Å²) in [7, 11) is 0. The number of aryl methyl sites for hydroxylation is 2. The SMILES string of the molecule is C=C1CC[C@]23[N+]#C[C@]2(C)C(=O)CC[C@@]3(C)[C@@H]1CCc1cocc1C. The molecule has 1 aromatic heterocycles. The van der Waals surface area contributed by atoms with Gasteiger partial charge in [-0.1, -0.05) is 23.9 Å². The highest BCUT2D eigenvalue weighted by Crippen LogP contribution is 2.67. The first kappa shape index (κ1) is 15.7. The van der Waals surface area contributed by atoms with Crippen molar-refractivity contribution in [2.75, 3.05) is 0 Å². The summed E-state index contributed by atoms with van der Waals surface area (Å²) in [5.41, 5.74) is 3.10. The van der Waals surface area contributed by atoms with E-state index in [0.717, 1.165) is 32.1 Å². The zero-order chi connectivity index (χ0) is 17.2. The fraction of sp³-hybridized carbons (Fsp3) is 0.619. The minimum Gasteiger partial charge on any atom is -0.472 e. The van der Waals surface area contributed by atoms with Crippen molar-refractivity contribution in [2.45, 2.75) is 64.8 Å². The largest absolute Gasteiger partial charge is 0.472 e. The number of rotatable bonds is 3. The van der Waals surface area contributed by atoms with Gasteiger partial charge in [0.1, 0.15) is 0 Å². The predicted octanol–water partition coefficient (Wildman–Crippen LogP) is 4.95. The van der Waals surface area contributed by atoms with Gasteiger partial charge in [-0.3, -0.25) is 4.79 Å². The highest BCUT2D eigenvalue weighted by molar-refractivity contribution is 5.93. The lowest BCUT2D eigenvalue weighted by atomic mass is 9.41. The molecule has 1 aromatic rings. The van der Waals surface area contributed by atoms with Gasteiger partial charge in [0.25, 0.3) is 6.07 Å². The summed E-state index contributed by atoms with van der Waals surface area (Å²) >= 11 is 0. The molecule has 0 amide bonds. The van der Waals surface area contributed by atoms with Crippen LogP contribution in [0.5, 0.6) is 0 Å². The first-order chi connectivity index (χ1) is 11.3. The van der Waals surface area contributed by atoms with E-state index in [9.17, 15) is 4.79 Å². The monoisotopic (exact) mass is 324 g/mol. The summed E-state index contributed by atoms with van der Waals surface area (Å²) in [4.78, 5) is 17.3. The van der Waals surface area contributed by atoms with Crippen LogP contribution < -0.4 is 0 Å². The molecule has 2 fully saturated rings. The smallest absolute Gasteiger partial charge is 0.316 e. The van der Waals surface area contributed by atoms with Crippen molar-refractivity contribution in [3.05, 3.63) is 40.7 Å². The Balaban J connectivity index is 1.67. The van der Waals surface area contributed by atoms with Crippen molar-refractivity contribution in [1.29, 1.82) is 0 Å². The molecule has 0 bridgehead atoms. The van der Waals surface area contributed by atoms with Crippen LogP contribution in [0.2, 0.25) is 0 Å². The average Bonchev–Trinajstić information content (AvgIpc) is 2.95. The first-order valence-electron chi connectivity index (χ1n) is 9.06. The Labute approximate surface area is 143 Å². The number of carbonyl (C=O) groups excluding carboxylic acids is 1. The van der Waals surface area contributed by atoms with Crippen LogP contribution in [0.25, 0.3) is 4.85 Å². The third kappa shape index (κ3) is 1.69. The summed E-state index contributed by atoms with van der Waals surface area (Å²) in [6.45, 7) is 10.9. The maximum atomic E-state index is 12.6. The molecule has 0 N–H and O–H groups in total. The second-order valence-electron chi connectivity index (χ2n) is 8.38. The fourth-order valence-electron chi connectivity index (χ4n) is 5.67. The van der Waals surface area contributed by atoms with Gasteiger partial charge in [-0.15, -0.1) is 0 Å². The summed E-state index contributed by atoms with van der Waals surface area (Å²) < 4.78 is 5.33. The Bertz CT molecular complexity index is 794. The van der Waals surface area contributed by atoms with Crippen molar-refractivity contribution >= 4 is 5.78 Å². The van der Waals surface area contributed by atoms with E-state index < -0.39 is 5.41 Å². The standard InChI is InChI=1S/C21H26NO2/c1-14-7-10-21-19(3,9-8-18(23)20(21,4)13-22-21)17(14)6-5-16-12-24-11-15(16)2/h11-12,17H,1,5-10H2,2-4H3/q+1/t17-,19+,20-,21-/m1/s1. The lowest BCUT2D eigenvalue weighted by Crippen LogP contribution is -2.68. The molecule has 1 spiro atoms. The number of ketones is 1. The number of hydrogen-bond donors (Lipinski definition) is 0. The Kier molecular flexibility index (Phi) is 3.17. The lowest BCUT2D eigenvalue weighted by Gasteiger charge is -2.55. The van der Waals surface area contributed by atoms with E-state index in [0.29, 0.717) is 18.1 Å². The number of carbonyl (C=O) groups is 1. The summed E-state index contributed by atoms with van der Waals surface area (Å²) in [6.07, 6.45) is 9.20. The highest BCUT2D eigenvalue weighted by Gasteiger charge is 2.82. The third-order valence-electron chi connectivity index (χ3n) is 7.41. The van der Waals surface area contributed by atoms with Crippen LogP contribution >= 0.6 is 0 Å². The molecule has 0 aromatic carbocycles. The molecular formula is C21H26NO2+. The Morgan fingerprint density at radius 3 is 2.75 bits per heavy atom. The molecule has 1 aliphatic heterocycles. The van der Waals surface area contributed by atoms with E-state index in [1.54, 1.807) is 0 Å². The van der Waals surface area contributed by atoms with Crippen LogP contribution in [0.4, 0.5) is 0 Å². The Morgan fingerprint density at radius 2 is 2.12 bits per heavy atom. The maximum Gasteiger partial charge on any atom is 0.316 e. The zero-order valence-corrected chi connectivity index (χ0v) is 14.9. The molecule has 126 valence electrons. The van der Waals surface area contributed by atoms with Crippen LogP contribution in [-0.4, -0.2) is 11.3 Å². The Morgan fingerprint density at radius 1 is 1.33 bits per heavy atom. The molecule has 4 atom stereocenters. The van der Waals surface area contributed by atoms with E-state index in [-0.39, 0.29) is 11.0 Å². The molecule has 3 nitrogen and oxygen atoms in total. The quantitative estimate of drug-likeness (QED) is 0.737. The van der Waals surface area contributed by atoms with Crippen molar-refractivity contribution in [1.82, 2.24) is 0 Å². The Hall–Kier alpha value is -1.82. The van der Waals surface area contributed by atoms with Gasteiger partial charge >= 0.3 is 5.54 Å². The van der Waals surface area contributed by atoms with Gasteiger partial charge in [-0.2, -0.15) is 0 Å². The number of allylic oxidation sites excluding steroid dienone is 1. The molecular weight excluding hydrogens is 298 g/mol. The molecule has 0 unspecified atom stereocenters. The van der Waals surface area contributed by atoms with Crippen molar-refractivity contribution in [2.24, 2.45) is 16.7 Å². The van der Waals surface area contributed by atoms with Crippen LogP contribution in [0, 0.1) is 29.7 Å². The maximum absolute atomic E-state index is 12.6. The number of nitrogens with zero attached hydrogens (tertiary/aromatic N) is 1. The molecule has 3 heteroatoms. The van der Waals surface area contributed by atoms with Crippen LogP contribution in [0.15, 0.2) is 29.1 Å². The third-order valence-corrected chi connectivity index (χ3v) is 7.41. The first-order valence-corrected chi connectivity index (χ1v) is 9.06. The number of Topliss-reactive ketones (excluding diaryl/α,β-unsaturated/α-hetero) is 1. The van der Waals surface area contributed by atoms with Gasteiger partial charge in [-0.25, -0.2) is 0 Å². The van der Waals surface area contributed by atoms with Crippen molar-refractivity contribution in [3.8, 4) is 6.07 Å². The van der Waals surface area contributed by atoms with Crippen molar-refractivity contribution < 1.29 is 9.21 Å². The molecule has 3 aliphatic rings. The van der Waals surface area contributed by atoms with Gasteiger partial charge < -0.3 is 4.42 Å². The molecule has 2 saturated carbocycles. The molecule has 2 heterocycles. The van der Waals surface area contributed by atoms with E-state index in [1.165, 1.54) is 16.7 Å². The van der Waals surface area contributed by atoms with Gasteiger partial charge in [0.2, 0.25) is 5.41 Å². The van der Waals surface area contributed by atoms with Crippen molar-refractivity contribution in [3.63, 3.8) is 0 Å². The second-order valence-corrected chi connectivity index (χ2v) is 8.38. The van der Waals surface area contributed by atoms with Gasteiger partial charge in [-0.05, 0) is 56.6 Å². The summed E-state index contributed by atoms with van der Waals surface area (Å²) in [6, 6.07) is 3.13. The summed E-state index contributed by atoms with van der Waals surface area (Å²) in [5, 5.41) is 0. The zero-order valence-electron chi connectivity index (χ0n) is 14.9. The highest BCUT2D eigenvalue weighted by atomic mass is 16.3. The number of hydrogen-bond acceptors (Lipinski definition) is 2. The predicted molar refractivity (Wildman–Crippen MR) is 94.1 cm³/mol. The lowest BCUT2D eigenvalue weighted by molar-refractivity contribution is -0.142. The topological polar surface area (TPSA) is 34.6 Å². The van der Waals surface area contributed by atoms with Gasteiger partial charge in [0.15, 0.2) is 5.78 Å². The summed E-state index contributed by atoms with van der Waals surface area (Å²) in [5.74, 6) is 0.728. The van der Waals surface area contributed by atoms with Crippen LogP contribution in [0.3, 0.4) is 0 Å². The molecule has 0 saturated heterocycles. The second kappa shape index (κ2) is 4.85. The van der Waals surface area contributed by atoms with E-state index >= 15 is 0 Å². The molecule has 0 radical (unpaired) electrons. The normalized spacial score (nSPS) is 40.2. The van der Waals surface area contributed by atoms with Crippen LogP contribution in [0.1, 0.15) is 57.1 Å².